The van der Waals surface area contributed by atoms with Crippen molar-refractivity contribution >= 4 is 0 Å². The van der Waals surface area contributed by atoms with Crippen molar-refractivity contribution in [1.29, 1.82) is 0 Å². The van der Waals surface area contributed by atoms with Gasteiger partial charge in [-0.1, -0.05) is 45.0 Å². The van der Waals surface area contributed by atoms with Gasteiger partial charge in [0, 0.05) is 6.04 Å². The molecule has 0 saturated carbocycles. The Bertz CT molecular complexity index is 330. The topological polar surface area (TPSA) is 12.0 Å². The highest BCUT2D eigenvalue weighted by Crippen LogP contribution is 2.14. The van der Waals surface area contributed by atoms with Gasteiger partial charge in [-0.15, -0.1) is 0 Å². The molecule has 1 heteroatoms. The fourth-order valence-electron chi connectivity index (χ4n) is 2.40. The van der Waals surface area contributed by atoms with E-state index in [0.717, 1.165) is 12.5 Å². The van der Waals surface area contributed by atoms with E-state index in [1.165, 1.54) is 36.8 Å². The van der Waals surface area contributed by atoms with Crippen LogP contribution in [0.25, 0.3) is 0 Å². The van der Waals surface area contributed by atoms with Crippen LogP contribution in [-0.4, -0.2) is 12.6 Å². The Labute approximate surface area is 113 Å². The fourth-order valence-corrected chi connectivity index (χ4v) is 2.40. The molecule has 1 N–H and O–H groups in total. The zero-order chi connectivity index (χ0) is 13.4. The highest BCUT2D eigenvalue weighted by atomic mass is 14.9. The van der Waals surface area contributed by atoms with Crippen molar-refractivity contribution in [3.8, 4) is 0 Å². The van der Waals surface area contributed by atoms with Crippen LogP contribution in [0.2, 0.25) is 0 Å². The quantitative estimate of drug-likeness (QED) is 0.720. The SMILES string of the molecule is CCCNC(CCCc1ccccc1C)C(C)C. The molecule has 0 spiro atoms. The Kier molecular flexibility index (Phi) is 7.04. The zero-order valence-electron chi connectivity index (χ0n) is 12.5. The predicted molar refractivity (Wildman–Crippen MR) is 81.0 cm³/mol. The lowest BCUT2D eigenvalue weighted by Crippen LogP contribution is -2.34. The number of hydrogen-bond donors (Lipinski definition) is 1. The van der Waals surface area contributed by atoms with Crippen LogP contribution in [0.4, 0.5) is 0 Å². The minimum atomic E-state index is 0.675. The van der Waals surface area contributed by atoms with E-state index >= 15 is 0 Å². The third kappa shape index (κ3) is 5.22. The highest BCUT2D eigenvalue weighted by Gasteiger charge is 2.11. The summed E-state index contributed by atoms with van der Waals surface area (Å²) in [4.78, 5) is 0. The van der Waals surface area contributed by atoms with Gasteiger partial charge in [0.2, 0.25) is 0 Å². The van der Waals surface area contributed by atoms with Crippen LogP contribution < -0.4 is 5.32 Å². The molecule has 0 radical (unpaired) electrons. The molecule has 1 unspecified atom stereocenters. The highest BCUT2D eigenvalue weighted by molar-refractivity contribution is 5.25. The van der Waals surface area contributed by atoms with Crippen molar-refractivity contribution < 1.29 is 0 Å². The van der Waals surface area contributed by atoms with E-state index in [-0.39, 0.29) is 0 Å². The molecule has 102 valence electrons. The predicted octanol–water partition coefficient (Wildman–Crippen LogP) is 4.34. The van der Waals surface area contributed by atoms with Gasteiger partial charge in [0.25, 0.3) is 0 Å². The lowest BCUT2D eigenvalue weighted by atomic mass is 9.95. The van der Waals surface area contributed by atoms with Gasteiger partial charge < -0.3 is 5.32 Å². The van der Waals surface area contributed by atoms with E-state index in [4.69, 9.17) is 0 Å². The van der Waals surface area contributed by atoms with Crippen LogP contribution in [0.5, 0.6) is 0 Å². The standard InChI is InChI=1S/C17H29N/c1-5-13-18-17(14(2)3)12-8-11-16-10-7-6-9-15(16)4/h6-7,9-10,14,17-18H,5,8,11-13H2,1-4H3. The van der Waals surface area contributed by atoms with Gasteiger partial charge in [-0.05, 0) is 56.2 Å². The van der Waals surface area contributed by atoms with E-state index in [0.29, 0.717) is 6.04 Å². The van der Waals surface area contributed by atoms with Gasteiger partial charge >= 0.3 is 0 Å². The molecule has 18 heavy (non-hydrogen) atoms. The zero-order valence-corrected chi connectivity index (χ0v) is 12.5. The maximum atomic E-state index is 3.67. The maximum Gasteiger partial charge on any atom is 0.00901 e. The number of aryl methyl sites for hydroxylation is 2. The van der Waals surface area contributed by atoms with Gasteiger partial charge in [0.15, 0.2) is 0 Å². The molecule has 1 atom stereocenters. The Balaban J connectivity index is 2.36. The maximum absolute atomic E-state index is 3.67. The van der Waals surface area contributed by atoms with Crippen LogP contribution in [0.15, 0.2) is 24.3 Å². The van der Waals surface area contributed by atoms with Gasteiger partial charge in [-0.3, -0.25) is 0 Å². The average Bonchev–Trinajstić information content (AvgIpc) is 2.35. The molecule has 0 fully saturated rings. The van der Waals surface area contributed by atoms with Crippen LogP contribution in [-0.2, 0) is 6.42 Å². The molecule has 0 heterocycles. The molecule has 0 aliphatic rings. The van der Waals surface area contributed by atoms with Crippen molar-refractivity contribution in [2.24, 2.45) is 5.92 Å². The van der Waals surface area contributed by atoms with Gasteiger partial charge in [-0.25, -0.2) is 0 Å². The smallest absolute Gasteiger partial charge is 0.00901 e. The van der Waals surface area contributed by atoms with Crippen molar-refractivity contribution in [2.45, 2.75) is 59.4 Å². The van der Waals surface area contributed by atoms with E-state index in [2.05, 4.69) is 57.3 Å². The van der Waals surface area contributed by atoms with Crippen LogP contribution >= 0.6 is 0 Å². The number of nitrogens with one attached hydrogen (secondary N) is 1. The first-order chi connectivity index (χ1) is 8.65. The molecule has 1 aromatic carbocycles. The second kappa shape index (κ2) is 8.31. The van der Waals surface area contributed by atoms with Gasteiger partial charge in [-0.2, -0.15) is 0 Å². The lowest BCUT2D eigenvalue weighted by molar-refractivity contribution is 0.370. The summed E-state index contributed by atoms with van der Waals surface area (Å²) in [6.45, 7) is 10.2. The third-order valence-corrected chi connectivity index (χ3v) is 3.68. The molecule has 0 bridgehead atoms. The largest absolute Gasteiger partial charge is 0.314 e. The Morgan fingerprint density at radius 1 is 1.17 bits per heavy atom. The first-order valence-electron chi connectivity index (χ1n) is 7.43. The summed E-state index contributed by atoms with van der Waals surface area (Å²) >= 11 is 0. The second-order valence-corrected chi connectivity index (χ2v) is 5.62. The summed E-state index contributed by atoms with van der Waals surface area (Å²) in [6, 6.07) is 9.42. The van der Waals surface area contributed by atoms with Crippen molar-refractivity contribution in [3.05, 3.63) is 35.4 Å². The first-order valence-corrected chi connectivity index (χ1v) is 7.43. The van der Waals surface area contributed by atoms with Crippen LogP contribution in [0.1, 0.15) is 51.2 Å². The van der Waals surface area contributed by atoms with Crippen molar-refractivity contribution in [2.75, 3.05) is 6.54 Å². The normalized spacial score (nSPS) is 12.9. The molecular formula is C17H29N. The van der Waals surface area contributed by atoms with E-state index < -0.39 is 0 Å². The lowest BCUT2D eigenvalue weighted by Gasteiger charge is -2.22. The Morgan fingerprint density at radius 2 is 1.89 bits per heavy atom. The van der Waals surface area contributed by atoms with Gasteiger partial charge in [0.1, 0.15) is 0 Å². The molecule has 0 amide bonds. The van der Waals surface area contributed by atoms with Crippen LogP contribution in [0, 0.1) is 12.8 Å². The summed E-state index contributed by atoms with van der Waals surface area (Å²) in [5.41, 5.74) is 2.94. The van der Waals surface area contributed by atoms with Crippen molar-refractivity contribution in [1.82, 2.24) is 5.32 Å². The molecule has 0 aliphatic carbocycles. The summed E-state index contributed by atoms with van der Waals surface area (Å²) in [6.07, 6.45) is 5.00. The summed E-state index contributed by atoms with van der Waals surface area (Å²) < 4.78 is 0. The molecular weight excluding hydrogens is 218 g/mol. The van der Waals surface area contributed by atoms with E-state index in [1.807, 2.05) is 0 Å². The number of rotatable bonds is 8. The van der Waals surface area contributed by atoms with Crippen LogP contribution in [0.3, 0.4) is 0 Å². The Hall–Kier alpha value is -0.820. The van der Waals surface area contributed by atoms with Crippen molar-refractivity contribution in [3.63, 3.8) is 0 Å². The summed E-state index contributed by atoms with van der Waals surface area (Å²) in [5.74, 6) is 0.730. The Morgan fingerprint density at radius 3 is 2.50 bits per heavy atom. The second-order valence-electron chi connectivity index (χ2n) is 5.62. The molecule has 0 aliphatic heterocycles. The molecule has 1 rings (SSSR count). The minimum absolute atomic E-state index is 0.675. The molecule has 1 nitrogen and oxygen atoms in total. The number of hydrogen-bond acceptors (Lipinski definition) is 1. The number of benzene rings is 1. The molecule has 0 aromatic heterocycles. The summed E-state index contributed by atoms with van der Waals surface area (Å²) in [7, 11) is 0. The molecule has 1 aromatic rings. The average molecular weight is 247 g/mol. The summed E-state index contributed by atoms with van der Waals surface area (Å²) in [5, 5.41) is 3.67. The fraction of sp³-hybridized carbons (Fsp3) is 0.647. The molecule has 0 saturated heterocycles. The monoisotopic (exact) mass is 247 g/mol. The first kappa shape index (κ1) is 15.2. The third-order valence-electron chi connectivity index (χ3n) is 3.68. The minimum Gasteiger partial charge on any atom is -0.314 e. The van der Waals surface area contributed by atoms with E-state index in [9.17, 15) is 0 Å². The van der Waals surface area contributed by atoms with Gasteiger partial charge in [0.05, 0.1) is 0 Å². The van der Waals surface area contributed by atoms with E-state index in [1.54, 1.807) is 0 Å².